The third-order valence-corrected chi connectivity index (χ3v) is 4.11. The van der Waals surface area contributed by atoms with E-state index < -0.39 is 5.97 Å². The standard InChI is InChI=1S/C20H23NO6/c1-12-9-14(6-7-15(12)20(23)24)21-18(22)8-5-13-10-16(25-2)19(27-4)17(11-13)26-3/h6-7,9-11H,5,8H2,1-4H3,(H,21,22)(H,23,24). The molecule has 2 rings (SSSR count). The molecule has 0 aromatic heterocycles. The van der Waals surface area contributed by atoms with Crippen molar-refractivity contribution in [2.75, 3.05) is 26.6 Å². The molecule has 0 spiro atoms. The summed E-state index contributed by atoms with van der Waals surface area (Å²) < 4.78 is 15.9. The number of methoxy groups -OCH3 is 3. The Morgan fingerprint density at radius 2 is 1.63 bits per heavy atom. The molecule has 0 saturated heterocycles. The van der Waals surface area contributed by atoms with E-state index in [9.17, 15) is 9.59 Å². The van der Waals surface area contributed by atoms with E-state index in [1.54, 1.807) is 31.2 Å². The number of aromatic carboxylic acids is 1. The number of carbonyl (C=O) groups is 2. The molecule has 0 bridgehead atoms. The second-order valence-electron chi connectivity index (χ2n) is 5.92. The van der Waals surface area contributed by atoms with Gasteiger partial charge in [-0.2, -0.15) is 0 Å². The zero-order valence-electron chi connectivity index (χ0n) is 15.8. The van der Waals surface area contributed by atoms with Crippen LogP contribution in [0, 0.1) is 6.92 Å². The summed E-state index contributed by atoms with van der Waals surface area (Å²) in [6, 6.07) is 8.31. The highest BCUT2D eigenvalue weighted by molar-refractivity contribution is 5.93. The highest BCUT2D eigenvalue weighted by atomic mass is 16.5. The van der Waals surface area contributed by atoms with Crippen molar-refractivity contribution < 1.29 is 28.9 Å². The van der Waals surface area contributed by atoms with E-state index in [0.29, 0.717) is 34.9 Å². The first-order valence-electron chi connectivity index (χ1n) is 8.32. The number of aryl methyl sites for hydroxylation is 2. The third kappa shape index (κ3) is 4.91. The normalized spacial score (nSPS) is 10.2. The predicted molar refractivity (Wildman–Crippen MR) is 101 cm³/mol. The number of rotatable bonds is 8. The van der Waals surface area contributed by atoms with Gasteiger partial charge in [-0.1, -0.05) is 0 Å². The molecule has 0 heterocycles. The van der Waals surface area contributed by atoms with Crippen molar-refractivity contribution in [1.82, 2.24) is 0 Å². The van der Waals surface area contributed by atoms with Crippen LogP contribution in [0.15, 0.2) is 30.3 Å². The molecule has 0 fully saturated rings. The number of nitrogens with one attached hydrogen (secondary N) is 1. The van der Waals surface area contributed by atoms with Crippen LogP contribution in [0.3, 0.4) is 0 Å². The molecule has 2 aromatic rings. The van der Waals surface area contributed by atoms with E-state index in [1.807, 2.05) is 0 Å². The lowest BCUT2D eigenvalue weighted by molar-refractivity contribution is -0.116. The first-order valence-corrected chi connectivity index (χ1v) is 8.32. The fourth-order valence-corrected chi connectivity index (χ4v) is 2.74. The van der Waals surface area contributed by atoms with E-state index >= 15 is 0 Å². The Morgan fingerprint density at radius 1 is 1.00 bits per heavy atom. The minimum absolute atomic E-state index is 0.175. The molecule has 2 aromatic carbocycles. The average molecular weight is 373 g/mol. The zero-order valence-corrected chi connectivity index (χ0v) is 15.8. The summed E-state index contributed by atoms with van der Waals surface area (Å²) in [5, 5.41) is 11.8. The van der Waals surface area contributed by atoms with Gasteiger partial charge in [0.1, 0.15) is 0 Å². The van der Waals surface area contributed by atoms with Crippen molar-refractivity contribution in [3.05, 3.63) is 47.0 Å². The lowest BCUT2D eigenvalue weighted by Crippen LogP contribution is -2.13. The smallest absolute Gasteiger partial charge is 0.335 e. The second kappa shape index (κ2) is 8.93. The van der Waals surface area contributed by atoms with Gasteiger partial charge in [0.05, 0.1) is 26.9 Å². The van der Waals surface area contributed by atoms with Crippen LogP contribution in [0.25, 0.3) is 0 Å². The number of benzene rings is 2. The predicted octanol–water partition coefficient (Wildman–Crippen LogP) is 3.29. The van der Waals surface area contributed by atoms with Gasteiger partial charge in [-0.25, -0.2) is 4.79 Å². The molecule has 0 radical (unpaired) electrons. The van der Waals surface area contributed by atoms with Gasteiger partial charge in [-0.15, -0.1) is 0 Å². The Kier molecular flexibility index (Phi) is 6.65. The monoisotopic (exact) mass is 373 g/mol. The van der Waals surface area contributed by atoms with Gasteiger partial charge >= 0.3 is 5.97 Å². The molecule has 0 aliphatic rings. The summed E-state index contributed by atoms with van der Waals surface area (Å²) in [4.78, 5) is 23.3. The molecule has 0 aliphatic heterocycles. The van der Waals surface area contributed by atoms with Crippen LogP contribution in [0.5, 0.6) is 17.2 Å². The second-order valence-corrected chi connectivity index (χ2v) is 5.92. The topological polar surface area (TPSA) is 94.1 Å². The summed E-state index contributed by atoms with van der Waals surface area (Å²) in [6.45, 7) is 1.69. The number of hydrogen-bond acceptors (Lipinski definition) is 5. The Hall–Kier alpha value is -3.22. The maximum Gasteiger partial charge on any atom is 0.335 e. The van der Waals surface area contributed by atoms with Gasteiger partial charge in [-0.3, -0.25) is 4.79 Å². The van der Waals surface area contributed by atoms with Crippen LogP contribution in [0.1, 0.15) is 27.9 Å². The first-order chi connectivity index (χ1) is 12.9. The van der Waals surface area contributed by atoms with E-state index in [1.165, 1.54) is 27.4 Å². The van der Waals surface area contributed by atoms with Crippen LogP contribution in [-0.4, -0.2) is 38.3 Å². The number of ether oxygens (including phenoxy) is 3. The van der Waals surface area contributed by atoms with E-state index in [-0.39, 0.29) is 17.9 Å². The molecule has 7 nitrogen and oxygen atoms in total. The van der Waals surface area contributed by atoms with Crippen molar-refractivity contribution in [3.8, 4) is 17.2 Å². The molecule has 0 unspecified atom stereocenters. The van der Waals surface area contributed by atoms with Gasteiger partial charge < -0.3 is 24.6 Å². The number of carboxylic acid groups (broad SMARTS) is 1. The number of anilines is 1. The fraction of sp³-hybridized carbons (Fsp3) is 0.300. The quantitative estimate of drug-likeness (QED) is 0.737. The largest absolute Gasteiger partial charge is 0.493 e. The van der Waals surface area contributed by atoms with Crippen LogP contribution < -0.4 is 19.5 Å². The Bertz CT molecular complexity index is 821. The molecular formula is C20H23NO6. The van der Waals surface area contributed by atoms with Crippen molar-refractivity contribution >= 4 is 17.6 Å². The van der Waals surface area contributed by atoms with E-state index in [4.69, 9.17) is 19.3 Å². The summed E-state index contributed by atoms with van der Waals surface area (Å²) >= 11 is 0. The maximum absolute atomic E-state index is 12.2. The van der Waals surface area contributed by atoms with Gasteiger partial charge in [0.15, 0.2) is 11.5 Å². The SMILES string of the molecule is COc1cc(CCC(=O)Nc2ccc(C(=O)O)c(C)c2)cc(OC)c1OC. The number of amides is 1. The molecule has 1 amide bonds. The lowest BCUT2D eigenvalue weighted by Gasteiger charge is -2.14. The van der Waals surface area contributed by atoms with Gasteiger partial charge in [0, 0.05) is 12.1 Å². The summed E-state index contributed by atoms with van der Waals surface area (Å²) in [7, 11) is 4.61. The minimum Gasteiger partial charge on any atom is -0.493 e. The molecule has 7 heteroatoms. The van der Waals surface area contributed by atoms with Gasteiger partial charge in [-0.05, 0) is 54.8 Å². The number of hydrogen-bond donors (Lipinski definition) is 2. The number of carboxylic acids is 1. The highest BCUT2D eigenvalue weighted by Gasteiger charge is 2.14. The summed E-state index contributed by atoms with van der Waals surface area (Å²) in [5.41, 5.74) is 2.24. The molecule has 0 aliphatic carbocycles. The van der Waals surface area contributed by atoms with Gasteiger partial charge in [0.25, 0.3) is 0 Å². The van der Waals surface area contributed by atoms with Crippen LogP contribution >= 0.6 is 0 Å². The van der Waals surface area contributed by atoms with Crippen LogP contribution in [-0.2, 0) is 11.2 Å². The van der Waals surface area contributed by atoms with Crippen molar-refractivity contribution in [3.63, 3.8) is 0 Å². The molecule has 27 heavy (non-hydrogen) atoms. The van der Waals surface area contributed by atoms with Crippen LogP contribution in [0.2, 0.25) is 0 Å². The molecular weight excluding hydrogens is 350 g/mol. The number of carbonyl (C=O) groups excluding carboxylic acids is 1. The van der Waals surface area contributed by atoms with E-state index in [2.05, 4.69) is 5.32 Å². The van der Waals surface area contributed by atoms with E-state index in [0.717, 1.165) is 5.56 Å². The van der Waals surface area contributed by atoms with Crippen LogP contribution in [0.4, 0.5) is 5.69 Å². The van der Waals surface area contributed by atoms with Crippen molar-refractivity contribution in [2.24, 2.45) is 0 Å². The summed E-state index contributed by atoms with van der Waals surface area (Å²) in [6.07, 6.45) is 0.729. The molecule has 0 saturated carbocycles. The molecule has 2 N–H and O–H groups in total. The van der Waals surface area contributed by atoms with Gasteiger partial charge in [0.2, 0.25) is 11.7 Å². The molecule has 144 valence electrons. The minimum atomic E-state index is -0.993. The Labute approximate surface area is 157 Å². The lowest BCUT2D eigenvalue weighted by atomic mass is 10.1. The highest BCUT2D eigenvalue weighted by Crippen LogP contribution is 2.38. The van der Waals surface area contributed by atoms with Crippen molar-refractivity contribution in [1.29, 1.82) is 0 Å². The Morgan fingerprint density at radius 3 is 2.11 bits per heavy atom. The maximum atomic E-state index is 12.2. The third-order valence-electron chi connectivity index (χ3n) is 4.11. The Balaban J connectivity index is 2.05. The summed E-state index contributed by atoms with van der Waals surface area (Å²) in [5.74, 6) is 0.403. The average Bonchev–Trinajstić information content (AvgIpc) is 2.65. The zero-order chi connectivity index (χ0) is 20.0. The van der Waals surface area contributed by atoms with Crippen molar-refractivity contribution in [2.45, 2.75) is 19.8 Å². The first kappa shape index (κ1) is 20.1. The molecule has 0 atom stereocenters. The fourth-order valence-electron chi connectivity index (χ4n) is 2.74.